The number of hydrogen-bond donors (Lipinski definition) is 2. The number of nitrogens with two attached hydrogens (primary N) is 1. The first-order chi connectivity index (χ1) is 8.04. The predicted octanol–water partition coefficient (Wildman–Crippen LogP) is 2.28. The van der Waals surface area contributed by atoms with Crippen LogP contribution in [0, 0.1) is 17.8 Å². The molecule has 1 rings (SSSR count). The van der Waals surface area contributed by atoms with Crippen molar-refractivity contribution in [1.82, 2.24) is 9.97 Å². The van der Waals surface area contributed by atoms with Crippen molar-refractivity contribution in [3.63, 3.8) is 0 Å². The SMILES string of the molecule is CC(C)C(CNc1cncc(CN)n1)C(C)C. The Hall–Kier alpha value is -1.16. The third-order valence-electron chi connectivity index (χ3n) is 3.13. The van der Waals surface area contributed by atoms with E-state index >= 15 is 0 Å². The molecule has 0 spiro atoms. The van der Waals surface area contributed by atoms with E-state index in [0.29, 0.717) is 24.3 Å². The molecule has 0 unspecified atom stereocenters. The Kier molecular flexibility index (Phi) is 5.35. The first-order valence-corrected chi connectivity index (χ1v) is 6.29. The molecule has 17 heavy (non-hydrogen) atoms. The summed E-state index contributed by atoms with van der Waals surface area (Å²) in [6.07, 6.45) is 3.45. The molecule has 3 N–H and O–H groups in total. The Labute approximate surface area is 104 Å². The average Bonchev–Trinajstić information content (AvgIpc) is 2.28. The fourth-order valence-electron chi connectivity index (χ4n) is 2.05. The standard InChI is InChI=1S/C13H24N4/c1-9(2)12(10(3)4)7-16-13-8-15-6-11(5-14)17-13/h6,8-10,12H,5,7,14H2,1-4H3,(H,16,17). The Morgan fingerprint density at radius 1 is 1.18 bits per heavy atom. The quantitative estimate of drug-likeness (QED) is 0.795. The van der Waals surface area contributed by atoms with E-state index in [4.69, 9.17) is 5.73 Å². The summed E-state index contributed by atoms with van der Waals surface area (Å²) in [4.78, 5) is 8.50. The molecule has 0 bridgehead atoms. The van der Waals surface area contributed by atoms with Crippen LogP contribution in [0.1, 0.15) is 33.4 Å². The summed E-state index contributed by atoms with van der Waals surface area (Å²) in [6.45, 7) is 10.4. The first kappa shape index (κ1) is 13.9. The topological polar surface area (TPSA) is 63.8 Å². The van der Waals surface area contributed by atoms with Crippen LogP contribution in [0.5, 0.6) is 0 Å². The molecule has 0 saturated carbocycles. The van der Waals surface area contributed by atoms with Gasteiger partial charge in [0.1, 0.15) is 5.82 Å². The summed E-state index contributed by atoms with van der Waals surface area (Å²) >= 11 is 0. The molecule has 0 aliphatic carbocycles. The lowest BCUT2D eigenvalue weighted by molar-refractivity contribution is 0.304. The summed E-state index contributed by atoms with van der Waals surface area (Å²) in [5.74, 6) is 2.78. The zero-order valence-electron chi connectivity index (χ0n) is 11.3. The van der Waals surface area contributed by atoms with Crippen molar-refractivity contribution in [2.45, 2.75) is 34.2 Å². The molecule has 0 amide bonds. The zero-order valence-corrected chi connectivity index (χ0v) is 11.3. The summed E-state index contributed by atoms with van der Waals surface area (Å²) in [6, 6.07) is 0. The Morgan fingerprint density at radius 2 is 1.82 bits per heavy atom. The van der Waals surface area contributed by atoms with Crippen molar-refractivity contribution in [3.8, 4) is 0 Å². The van der Waals surface area contributed by atoms with Crippen molar-refractivity contribution in [2.75, 3.05) is 11.9 Å². The second kappa shape index (κ2) is 6.55. The fourth-order valence-corrected chi connectivity index (χ4v) is 2.05. The highest BCUT2D eigenvalue weighted by Crippen LogP contribution is 2.20. The lowest BCUT2D eigenvalue weighted by Gasteiger charge is -2.25. The van der Waals surface area contributed by atoms with Crippen LogP contribution >= 0.6 is 0 Å². The Balaban J connectivity index is 2.59. The number of nitrogens with zero attached hydrogens (tertiary/aromatic N) is 2. The van der Waals surface area contributed by atoms with E-state index in [1.54, 1.807) is 12.4 Å². The number of nitrogens with one attached hydrogen (secondary N) is 1. The minimum Gasteiger partial charge on any atom is -0.368 e. The summed E-state index contributed by atoms with van der Waals surface area (Å²) in [7, 11) is 0. The van der Waals surface area contributed by atoms with E-state index in [0.717, 1.165) is 18.1 Å². The molecule has 1 aromatic heterocycles. The van der Waals surface area contributed by atoms with E-state index in [1.807, 2.05) is 0 Å². The fraction of sp³-hybridized carbons (Fsp3) is 0.692. The number of aromatic nitrogens is 2. The lowest BCUT2D eigenvalue weighted by atomic mass is 9.85. The molecule has 0 aliphatic heterocycles. The minimum atomic E-state index is 0.431. The zero-order chi connectivity index (χ0) is 12.8. The molecule has 0 aliphatic rings. The number of hydrogen-bond acceptors (Lipinski definition) is 4. The highest BCUT2D eigenvalue weighted by atomic mass is 15.0. The van der Waals surface area contributed by atoms with E-state index in [1.165, 1.54) is 0 Å². The van der Waals surface area contributed by atoms with Crippen molar-refractivity contribution in [3.05, 3.63) is 18.1 Å². The van der Waals surface area contributed by atoms with E-state index < -0.39 is 0 Å². The summed E-state index contributed by atoms with van der Waals surface area (Å²) < 4.78 is 0. The van der Waals surface area contributed by atoms with Crippen LogP contribution in [0.25, 0.3) is 0 Å². The van der Waals surface area contributed by atoms with Crippen LogP contribution in [0.2, 0.25) is 0 Å². The summed E-state index contributed by atoms with van der Waals surface area (Å²) in [5, 5.41) is 3.35. The molecule has 0 fully saturated rings. The van der Waals surface area contributed by atoms with Gasteiger partial charge in [-0.05, 0) is 17.8 Å². The van der Waals surface area contributed by atoms with Crippen LogP contribution in [-0.4, -0.2) is 16.5 Å². The lowest BCUT2D eigenvalue weighted by Crippen LogP contribution is -2.25. The Morgan fingerprint density at radius 3 is 2.35 bits per heavy atom. The van der Waals surface area contributed by atoms with E-state index in [9.17, 15) is 0 Å². The number of rotatable bonds is 6. The molecule has 0 radical (unpaired) electrons. The third-order valence-corrected chi connectivity index (χ3v) is 3.13. The van der Waals surface area contributed by atoms with Crippen LogP contribution in [0.4, 0.5) is 5.82 Å². The average molecular weight is 236 g/mol. The van der Waals surface area contributed by atoms with Gasteiger partial charge in [-0.3, -0.25) is 4.98 Å². The molecule has 1 heterocycles. The molecular weight excluding hydrogens is 212 g/mol. The van der Waals surface area contributed by atoms with E-state index in [2.05, 4.69) is 43.0 Å². The van der Waals surface area contributed by atoms with Gasteiger partial charge in [-0.1, -0.05) is 27.7 Å². The van der Waals surface area contributed by atoms with Gasteiger partial charge in [-0.15, -0.1) is 0 Å². The second-order valence-corrected chi connectivity index (χ2v) is 5.13. The maximum absolute atomic E-state index is 5.54. The molecule has 0 atom stereocenters. The van der Waals surface area contributed by atoms with Gasteiger partial charge in [0.25, 0.3) is 0 Å². The van der Waals surface area contributed by atoms with Crippen molar-refractivity contribution >= 4 is 5.82 Å². The number of anilines is 1. The van der Waals surface area contributed by atoms with Gasteiger partial charge in [0.2, 0.25) is 0 Å². The van der Waals surface area contributed by atoms with Gasteiger partial charge < -0.3 is 11.1 Å². The molecule has 4 heteroatoms. The predicted molar refractivity (Wildman–Crippen MR) is 71.6 cm³/mol. The maximum Gasteiger partial charge on any atom is 0.144 e. The Bertz CT molecular complexity index is 328. The molecule has 1 aromatic rings. The van der Waals surface area contributed by atoms with Gasteiger partial charge in [0, 0.05) is 19.3 Å². The van der Waals surface area contributed by atoms with Crippen LogP contribution in [0.15, 0.2) is 12.4 Å². The smallest absolute Gasteiger partial charge is 0.144 e. The first-order valence-electron chi connectivity index (χ1n) is 6.29. The molecule has 0 aromatic carbocycles. The second-order valence-electron chi connectivity index (χ2n) is 5.13. The molecule has 0 saturated heterocycles. The highest BCUT2D eigenvalue weighted by molar-refractivity contribution is 5.31. The van der Waals surface area contributed by atoms with Crippen LogP contribution in [0.3, 0.4) is 0 Å². The van der Waals surface area contributed by atoms with Gasteiger partial charge >= 0.3 is 0 Å². The molecular formula is C13H24N4. The van der Waals surface area contributed by atoms with Crippen molar-refractivity contribution in [2.24, 2.45) is 23.5 Å². The largest absolute Gasteiger partial charge is 0.368 e. The van der Waals surface area contributed by atoms with E-state index in [-0.39, 0.29) is 0 Å². The van der Waals surface area contributed by atoms with Crippen LogP contribution in [-0.2, 0) is 6.54 Å². The van der Waals surface area contributed by atoms with Gasteiger partial charge in [-0.2, -0.15) is 0 Å². The van der Waals surface area contributed by atoms with Crippen LogP contribution < -0.4 is 11.1 Å². The van der Waals surface area contributed by atoms with Crippen molar-refractivity contribution < 1.29 is 0 Å². The summed E-state index contributed by atoms with van der Waals surface area (Å²) in [5.41, 5.74) is 6.36. The minimum absolute atomic E-state index is 0.431. The third kappa shape index (κ3) is 4.30. The highest BCUT2D eigenvalue weighted by Gasteiger charge is 2.17. The van der Waals surface area contributed by atoms with Crippen molar-refractivity contribution in [1.29, 1.82) is 0 Å². The maximum atomic E-state index is 5.54. The van der Waals surface area contributed by atoms with Gasteiger partial charge in [0.05, 0.1) is 11.9 Å². The molecule has 4 nitrogen and oxygen atoms in total. The van der Waals surface area contributed by atoms with Gasteiger partial charge in [-0.25, -0.2) is 4.98 Å². The normalized spacial score (nSPS) is 11.5. The van der Waals surface area contributed by atoms with Gasteiger partial charge in [0.15, 0.2) is 0 Å². The molecule has 96 valence electrons. The monoisotopic (exact) mass is 236 g/mol.